The maximum absolute atomic E-state index is 13.1. The summed E-state index contributed by atoms with van der Waals surface area (Å²) >= 11 is 6.72. The highest BCUT2D eigenvalue weighted by atomic mass is 79.9. The van der Waals surface area contributed by atoms with Crippen LogP contribution in [0.3, 0.4) is 0 Å². The third-order valence-corrected chi connectivity index (χ3v) is 18.3. The van der Waals surface area contributed by atoms with Crippen LogP contribution >= 0.6 is 31.9 Å². The van der Waals surface area contributed by atoms with Gasteiger partial charge in [0.15, 0.2) is 0 Å². The van der Waals surface area contributed by atoms with Crippen LogP contribution in [-0.4, -0.2) is 149 Å². The summed E-state index contributed by atoms with van der Waals surface area (Å²) in [4.78, 5) is 131. The Labute approximate surface area is 612 Å². The van der Waals surface area contributed by atoms with Crippen molar-refractivity contribution in [3.8, 4) is 0 Å². The molecule has 4 aliphatic carbocycles. The quantitative estimate of drug-likeness (QED) is 0.0927. The van der Waals surface area contributed by atoms with Gasteiger partial charge in [-0.3, -0.25) is 48.4 Å². The van der Waals surface area contributed by atoms with E-state index in [2.05, 4.69) is 83.0 Å². The Kier molecular flexibility index (Phi) is 23.9. The van der Waals surface area contributed by atoms with Crippen LogP contribution in [0, 0.1) is 6.92 Å². The topological polar surface area (TPSA) is 375 Å². The van der Waals surface area contributed by atoms with E-state index in [1.165, 1.54) is 0 Å². The van der Waals surface area contributed by atoms with E-state index in [-0.39, 0.29) is 53.8 Å². The molecule has 6 amide bonds. The summed E-state index contributed by atoms with van der Waals surface area (Å²) in [6.45, 7) is 22.5. The SMILES string of the molecule is CC(C)(C)OC(=O)N1CCn2ncc(C(=O)NC3(c4ccc(Br)cn4)CC3)c2C1.CC(C)(C)OC(=O)N1CCn2ncc(C(=O)NC3(c4ccccn4)CC3)c2C1.Cc1ccc(C2(NC(=O)c3cnn4c3CN(C(=O)OC(C)(C)C)CC4)CC2)nc1.NC1(c2ccc(Br)cn2)CC1.O=C=O.O=C=O. The molecular weight excluding hydrogens is 1460 g/mol. The number of aryl methyl sites for hydroxylation is 1. The van der Waals surface area contributed by atoms with E-state index in [0.717, 1.165) is 106 Å². The van der Waals surface area contributed by atoms with Gasteiger partial charge in [-0.2, -0.15) is 34.5 Å². The minimum Gasteiger partial charge on any atom is -0.444 e. The highest BCUT2D eigenvalue weighted by molar-refractivity contribution is 9.10. The average molecular weight is 1540 g/mol. The lowest BCUT2D eigenvalue weighted by Crippen LogP contribution is -2.42. The summed E-state index contributed by atoms with van der Waals surface area (Å²) in [6, 6.07) is 17.5. The van der Waals surface area contributed by atoms with Crippen LogP contribution in [0.15, 0.2) is 107 Å². The first-order valence-electron chi connectivity index (χ1n) is 33.6. The maximum atomic E-state index is 13.1. The number of amides is 6. The van der Waals surface area contributed by atoms with Gasteiger partial charge in [0.2, 0.25) is 0 Å². The summed E-state index contributed by atoms with van der Waals surface area (Å²) in [5.41, 5.74) is 11.3. The van der Waals surface area contributed by atoms with E-state index < -0.39 is 33.4 Å². The molecule has 0 saturated heterocycles. The lowest BCUT2D eigenvalue weighted by atomic mass is 10.1. The van der Waals surface area contributed by atoms with Gasteiger partial charge in [0.05, 0.1) is 137 Å². The third-order valence-electron chi connectivity index (χ3n) is 17.4. The van der Waals surface area contributed by atoms with Gasteiger partial charge in [-0.1, -0.05) is 12.1 Å². The van der Waals surface area contributed by atoms with Crippen LogP contribution < -0.4 is 21.7 Å². The lowest BCUT2D eigenvalue weighted by Gasteiger charge is -2.30. The number of ether oxygens (including phenoxy) is 3. The van der Waals surface area contributed by atoms with Crippen molar-refractivity contribution in [2.75, 3.05) is 19.6 Å². The Bertz CT molecular complexity index is 4100. The number of nitrogens with one attached hydrogen (secondary N) is 3. The second kappa shape index (κ2) is 31.8. The fraction of sp³-hybridized carbons (Fsp3) is 0.479. The van der Waals surface area contributed by atoms with E-state index in [1.54, 1.807) is 65.9 Å². The summed E-state index contributed by atoms with van der Waals surface area (Å²) in [7, 11) is 0. The zero-order valence-electron chi connectivity index (χ0n) is 59.2. The number of nitrogens with two attached hydrogens (primary N) is 1. The number of fused-ring (bicyclic) bond motifs is 3. The van der Waals surface area contributed by atoms with Gasteiger partial charge in [0, 0.05) is 53.4 Å². The lowest BCUT2D eigenvalue weighted by molar-refractivity contribution is -0.193. The molecule has 32 heteroatoms. The third kappa shape index (κ3) is 20.3. The molecule has 14 rings (SSSR count). The zero-order valence-corrected chi connectivity index (χ0v) is 62.4. The van der Waals surface area contributed by atoms with Crippen molar-refractivity contribution in [2.24, 2.45) is 5.73 Å². The van der Waals surface area contributed by atoms with E-state index >= 15 is 0 Å². The molecule has 0 spiro atoms. The molecule has 7 aromatic heterocycles. The highest BCUT2D eigenvalue weighted by Gasteiger charge is 2.50. The number of pyridine rings is 4. The Morgan fingerprint density at radius 3 is 1.03 bits per heavy atom. The van der Waals surface area contributed by atoms with Crippen LogP contribution in [0.2, 0.25) is 0 Å². The van der Waals surface area contributed by atoms with E-state index in [0.29, 0.717) is 75.6 Å². The molecule has 0 aromatic carbocycles. The summed E-state index contributed by atoms with van der Waals surface area (Å²) in [5, 5.41) is 22.4. The molecule has 0 bridgehead atoms. The van der Waals surface area contributed by atoms with Gasteiger partial charge in [-0.25, -0.2) is 14.4 Å². The predicted molar refractivity (Wildman–Crippen MR) is 374 cm³/mol. The minimum absolute atomic E-state index is 0.0965. The highest BCUT2D eigenvalue weighted by Crippen LogP contribution is 2.47. The van der Waals surface area contributed by atoms with Crippen LogP contribution in [-0.2, 0) is 94.8 Å². The molecule has 7 aliphatic rings. The standard InChI is InChI=1S/C21H27N5O3.C20H24BrN5O3.C20H25N5O3.C8H9BrN2.2CO2/c1-14-5-6-17(22-11-14)21(7-8-21)24-18(27)15-12-23-26-10-9-25(13-16(15)26)19(28)29-20(2,3)4;1-19(2,3)29-18(28)25-8-9-26-15(12-25)14(11-23-26)17(27)24-20(6-7-20)16-5-4-13(21)10-22-16;1-19(2,3)28-18(27)24-10-11-25-15(13-24)14(12-22-25)17(26)23-20(7-8-20)16-6-4-5-9-21-16;9-6-1-2-7(11-5-6)8(10)3-4-8;2*2-1-3/h5-6,11-12H,7-10,13H2,1-4H3,(H,24,27);4-5,10-11H,6-9,12H2,1-3H3,(H,24,27);4-6,9,12H,7-8,10-11,13H2,1-3H3,(H,23,26);1-2,5H,3-4,10H2;;. The largest absolute Gasteiger partial charge is 0.444 e. The van der Waals surface area contributed by atoms with Crippen LogP contribution in [0.1, 0.15) is 190 Å². The molecule has 10 heterocycles. The molecule has 0 atom stereocenters. The molecule has 4 saturated carbocycles. The average Bonchev–Trinajstić information content (AvgIpc) is 1.62. The van der Waals surface area contributed by atoms with Gasteiger partial charge in [0.1, 0.15) is 16.8 Å². The van der Waals surface area contributed by atoms with Crippen LogP contribution in [0.4, 0.5) is 14.4 Å². The maximum Gasteiger partial charge on any atom is 0.410 e. The summed E-state index contributed by atoms with van der Waals surface area (Å²) in [6.07, 6.45) is 18.5. The molecule has 5 N–H and O–H groups in total. The monoisotopic (exact) mass is 1540 g/mol. The number of nitrogens with zero attached hydrogens (tertiary/aromatic N) is 13. The smallest absolute Gasteiger partial charge is 0.410 e. The Balaban J connectivity index is 0.000000161. The number of aromatic nitrogens is 10. The van der Waals surface area contributed by atoms with Gasteiger partial charge in [-0.15, -0.1) is 0 Å². The molecule has 546 valence electrons. The first kappa shape index (κ1) is 77.3. The van der Waals surface area contributed by atoms with Gasteiger partial charge in [-0.05, 0) is 200 Å². The molecule has 30 nitrogen and oxygen atoms in total. The van der Waals surface area contributed by atoms with Gasteiger partial charge >= 0.3 is 30.6 Å². The second-order valence-corrected chi connectivity index (χ2v) is 30.8. The van der Waals surface area contributed by atoms with Gasteiger partial charge < -0.3 is 50.6 Å². The molecule has 7 aromatic rings. The molecule has 0 radical (unpaired) electrons. The van der Waals surface area contributed by atoms with Gasteiger partial charge in [0.25, 0.3) is 17.7 Å². The summed E-state index contributed by atoms with van der Waals surface area (Å²) < 4.78 is 23.7. The van der Waals surface area contributed by atoms with Crippen molar-refractivity contribution in [1.82, 2.24) is 79.9 Å². The number of carbonyl (C=O) groups is 6. The van der Waals surface area contributed by atoms with E-state index in [4.69, 9.17) is 39.1 Å². The first-order chi connectivity index (χ1) is 48.6. The van der Waals surface area contributed by atoms with Crippen molar-refractivity contribution in [2.45, 2.75) is 199 Å². The fourth-order valence-corrected chi connectivity index (χ4v) is 11.9. The van der Waals surface area contributed by atoms with E-state index in [9.17, 15) is 28.8 Å². The van der Waals surface area contributed by atoms with E-state index in [1.807, 2.05) is 130 Å². The Morgan fingerprint density at radius 1 is 0.437 bits per heavy atom. The fourth-order valence-electron chi connectivity index (χ4n) is 11.4. The molecule has 0 unspecified atom stereocenters. The number of hydrogen-bond acceptors (Lipinski definition) is 21. The number of carbonyl (C=O) groups excluding carboxylic acids is 10. The van der Waals surface area contributed by atoms with Crippen molar-refractivity contribution >= 4 is 80.2 Å². The number of hydrogen-bond donors (Lipinski definition) is 4. The number of halogens is 2. The molecular formula is C71H85Br2N17O13. The Morgan fingerprint density at radius 2 is 0.757 bits per heavy atom. The number of rotatable bonds is 10. The van der Waals surface area contributed by atoms with Crippen molar-refractivity contribution in [1.29, 1.82) is 0 Å². The first-order valence-corrected chi connectivity index (χ1v) is 35.1. The normalized spacial score (nSPS) is 16.9. The molecule has 4 fully saturated rings. The van der Waals surface area contributed by atoms with Crippen molar-refractivity contribution in [3.63, 3.8) is 0 Å². The van der Waals surface area contributed by atoms with Crippen molar-refractivity contribution < 1.29 is 62.2 Å². The Hall–Kier alpha value is -9.87. The van der Waals surface area contributed by atoms with Crippen molar-refractivity contribution in [3.05, 3.63) is 169 Å². The van der Waals surface area contributed by atoms with Crippen LogP contribution in [0.5, 0.6) is 0 Å². The minimum atomic E-state index is -0.564. The molecule has 103 heavy (non-hydrogen) atoms. The van der Waals surface area contributed by atoms with Crippen LogP contribution in [0.25, 0.3) is 0 Å². The second-order valence-electron chi connectivity index (χ2n) is 29.0. The molecule has 3 aliphatic heterocycles. The zero-order chi connectivity index (χ0) is 74.9. The predicted octanol–water partition coefficient (Wildman–Crippen LogP) is 9.04. The summed E-state index contributed by atoms with van der Waals surface area (Å²) in [5.74, 6) is -0.563.